The van der Waals surface area contributed by atoms with Gasteiger partial charge in [0.2, 0.25) is 5.89 Å². The number of aldehydes is 1. The molecule has 1 heterocycles. The predicted octanol–water partition coefficient (Wildman–Crippen LogP) is 3.83. The van der Waals surface area contributed by atoms with Gasteiger partial charge in [-0.1, -0.05) is 0 Å². The van der Waals surface area contributed by atoms with Crippen LogP contribution in [0.3, 0.4) is 0 Å². The summed E-state index contributed by atoms with van der Waals surface area (Å²) in [5.41, 5.74) is 1.48. The second kappa shape index (κ2) is 8.36. The Kier molecular flexibility index (Phi) is 5.94. The van der Waals surface area contributed by atoms with Gasteiger partial charge in [0.25, 0.3) is 0 Å². The van der Waals surface area contributed by atoms with Gasteiger partial charge in [-0.25, -0.2) is 9.37 Å². The molecule has 6 heteroatoms. The maximum atomic E-state index is 13.0. The minimum absolute atomic E-state index is 0.0807. The van der Waals surface area contributed by atoms with Crippen molar-refractivity contribution >= 4 is 6.29 Å². The molecule has 2 unspecified atom stereocenters. The number of benzene rings is 1. The van der Waals surface area contributed by atoms with Gasteiger partial charge in [-0.15, -0.1) is 0 Å². The van der Waals surface area contributed by atoms with Crippen molar-refractivity contribution < 1.29 is 23.1 Å². The second-order valence-corrected chi connectivity index (χ2v) is 6.25. The first-order valence-corrected chi connectivity index (χ1v) is 8.55. The summed E-state index contributed by atoms with van der Waals surface area (Å²) in [6.45, 7) is 2.35. The van der Waals surface area contributed by atoms with Crippen molar-refractivity contribution in [1.82, 2.24) is 4.98 Å². The average molecular weight is 347 g/mol. The van der Waals surface area contributed by atoms with E-state index in [0.29, 0.717) is 18.3 Å². The van der Waals surface area contributed by atoms with Crippen LogP contribution in [0.5, 0.6) is 0 Å². The van der Waals surface area contributed by atoms with Gasteiger partial charge < -0.3 is 18.7 Å². The molecule has 0 saturated heterocycles. The van der Waals surface area contributed by atoms with Crippen molar-refractivity contribution in [2.45, 2.75) is 51.4 Å². The summed E-state index contributed by atoms with van der Waals surface area (Å²) in [7, 11) is 0. The van der Waals surface area contributed by atoms with Gasteiger partial charge in [0.05, 0.1) is 18.8 Å². The van der Waals surface area contributed by atoms with Crippen molar-refractivity contribution in [3.63, 3.8) is 0 Å². The third-order valence-electron chi connectivity index (χ3n) is 4.42. The van der Waals surface area contributed by atoms with Crippen LogP contribution in [0.4, 0.5) is 4.39 Å². The SMILES string of the molecule is Cc1oc(-c2ccc(F)cc2)nc1COC1CCCC(OCC=O)C1. The van der Waals surface area contributed by atoms with Crippen LogP contribution in [0.2, 0.25) is 0 Å². The lowest BCUT2D eigenvalue weighted by molar-refractivity contribution is -0.116. The zero-order chi connectivity index (χ0) is 17.6. The highest BCUT2D eigenvalue weighted by Gasteiger charge is 2.24. The summed E-state index contributed by atoms with van der Waals surface area (Å²) in [6, 6.07) is 6.04. The molecule has 2 atom stereocenters. The molecule has 0 spiro atoms. The number of ether oxygens (including phenoxy) is 2. The molecule has 0 amide bonds. The summed E-state index contributed by atoms with van der Waals surface area (Å²) < 4.78 is 30.2. The summed E-state index contributed by atoms with van der Waals surface area (Å²) in [5, 5.41) is 0. The molecule has 0 radical (unpaired) electrons. The number of aromatic nitrogens is 1. The minimum atomic E-state index is -0.292. The first-order chi connectivity index (χ1) is 12.2. The lowest BCUT2D eigenvalue weighted by atomic mass is 9.95. The Labute approximate surface area is 146 Å². The lowest BCUT2D eigenvalue weighted by Gasteiger charge is -2.28. The number of aryl methyl sites for hydroxylation is 1. The number of nitrogens with zero attached hydrogens (tertiary/aromatic N) is 1. The van der Waals surface area contributed by atoms with E-state index in [4.69, 9.17) is 13.9 Å². The van der Waals surface area contributed by atoms with Gasteiger partial charge in [0.15, 0.2) is 0 Å². The third-order valence-corrected chi connectivity index (χ3v) is 4.42. The van der Waals surface area contributed by atoms with Crippen molar-refractivity contribution in [2.24, 2.45) is 0 Å². The predicted molar refractivity (Wildman–Crippen MR) is 89.5 cm³/mol. The summed E-state index contributed by atoms with van der Waals surface area (Å²) in [4.78, 5) is 14.9. The van der Waals surface area contributed by atoms with E-state index < -0.39 is 0 Å². The molecule has 0 aliphatic heterocycles. The Bertz CT molecular complexity index is 698. The maximum absolute atomic E-state index is 13.0. The number of carbonyl (C=O) groups excluding carboxylic acids is 1. The second-order valence-electron chi connectivity index (χ2n) is 6.25. The van der Waals surface area contributed by atoms with Crippen molar-refractivity contribution in [2.75, 3.05) is 6.61 Å². The van der Waals surface area contributed by atoms with Gasteiger partial charge in [-0.05, 0) is 56.9 Å². The molecular weight excluding hydrogens is 325 g/mol. The Balaban J connectivity index is 1.58. The van der Waals surface area contributed by atoms with Gasteiger partial charge in [-0.2, -0.15) is 0 Å². The minimum Gasteiger partial charge on any atom is -0.441 e. The van der Waals surface area contributed by atoms with Crippen LogP contribution in [0.15, 0.2) is 28.7 Å². The van der Waals surface area contributed by atoms with Crippen LogP contribution in [-0.4, -0.2) is 30.1 Å². The van der Waals surface area contributed by atoms with Crippen LogP contribution in [-0.2, 0) is 20.9 Å². The highest BCUT2D eigenvalue weighted by Crippen LogP contribution is 2.26. The quantitative estimate of drug-likeness (QED) is 0.712. The molecule has 1 fully saturated rings. The molecular formula is C19H22FNO4. The van der Waals surface area contributed by atoms with Crippen LogP contribution in [0.1, 0.15) is 37.1 Å². The number of carbonyl (C=O) groups is 1. The topological polar surface area (TPSA) is 61.6 Å². The molecule has 5 nitrogen and oxygen atoms in total. The number of oxazole rings is 1. The number of rotatable bonds is 7. The van der Waals surface area contributed by atoms with E-state index in [1.807, 2.05) is 6.92 Å². The smallest absolute Gasteiger partial charge is 0.226 e. The zero-order valence-corrected chi connectivity index (χ0v) is 14.2. The van der Waals surface area contributed by atoms with E-state index in [1.165, 1.54) is 12.1 Å². The Morgan fingerprint density at radius 2 is 1.96 bits per heavy atom. The van der Waals surface area contributed by atoms with Crippen molar-refractivity contribution in [3.05, 3.63) is 41.5 Å². The van der Waals surface area contributed by atoms with Gasteiger partial charge in [0.1, 0.15) is 30.2 Å². The molecule has 3 rings (SSSR count). The van der Waals surface area contributed by atoms with E-state index in [-0.39, 0.29) is 24.6 Å². The van der Waals surface area contributed by atoms with Crippen LogP contribution < -0.4 is 0 Å². The Morgan fingerprint density at radius 3 is 2.68 bits per heavy atom. The monoisotopic (exact) mass is 347 g/mol. The Morgan fingerprint density at radius 1 is 1.24 bits per heavy atom. The largest absolute Gasteiger partial charge is 0.441 e. The number of halogens is 1. The van der Waals surface area contributed by atoms with Gasteiger partial charge in [0, 0.05) is 5.56 Å². The number of hydrogen-bond acceptors (Lipinski definition) is 5. The van der Waals surface area contributed by atoms with Crippen LogP contribution >= 0.6 is 0 Å². The van der Waals surface area contributed by atoms with E-state index in [1.54, 1.807) is 12.1 Å². The van der Waals surface area contributed by atoms with E-state index in [0.717, 1.165) is 43.2 Å². The Hall–Kier alpha value is -2.05. The summed E-state index contributed by atoms with van der Waals surface area (Å²) in [5.74, 6) is 0.870. The molecule has 0 N–H and O–H groups in total. The van der Waals surface area contributed by atoms with E-state index in [9.17, 15) is 9.18 Å². The molecule has 1 aliphatic rings. The normalized spacial score (nSPS) is 20.6. The molecule has 0 bridgehead atoms. The maximum Gasteiger partial charge on any atom is 0.226 e. The molecule has 1 aromatic heterocycles. The third kappa shape index (κ3) is 4.74. The molecule has 1 saturated carbocycles. The molecule has 134 valence electrons. The zero-order valence-electron chi connectivity index (χ0n) is 14.2. The molecule has 1 aromatic carbocycles. The van der Waals surface area contributed by atoms with E-state index in [2.05, 4.69) is 4.98 Å². The highest BCUT2D eigenvalue weighted by atomic mass is 19.1. The van der Waals surface area contributed by atoms with Crippen LogP contribution in [0.25, 0.3) is 11.5 Å². The fourth-order valence-electron chi connectivity index (χ4n) is 3.05. The number of hydrogen-bond donors (Lipinski definition) is 0. The lowest BCUT2D eigenvalue weighted by Crippen LogP contribution is -2.28. The van der Waals surface area contributed by atoms with Crippen molar-refractivity contribution in [1.29, 1.82) is 0 Å². The first kappa shape index (κ1) is 17.8. The highest BCUT2D eigenvalue weighted by molar-refractivity contribution is 5.53. The fourth-order valence-corrected chi connectivity index (χ4v) is 3.05. The summed E-state index contributed by atoms with van der Waals surface area (Å²) >= 11 is 0. The molecule has 1 aliphatic carbocycles. The average Bonchev–Trinajstić information content (AvgIpc) is 3.00. The summed E-state index contributed by atoms with van der Waals surface area (Å²) in [6.07, 6.45) is 4.70. The van der Waals surface area contributed by atoms with Gasteiger partial charge >= 0.3 is 0 Å². The van der Waals surface area contributed by atoms with E-state index >= 15 is 0 Å². The van der Waals surface area contributed by atoms with Crippen molar-refractivity contribution in [3.8, 4) is 11.5 Å². The van der Waals surface area contributed by atoms with Gasteiger partial charge in [-0.3, -0.25) is 0 Å². The molecule has 25 heavy (non-hydrogen) atoms. The van der Waals surface area contributed by atoms with Crippen LogP contribution in [0, 0.1) is 12.7 Å². The first-order valence-electron chi connectivity index (χ1n) is 8.55. The molecule has 2 aromatic rings. The standard InChI is InChI=1S/C19H22FNO4/c1-13-18(21-19(25-13)14-5-7-15(20)8-6-14)12-24-17-4-2-3-16(11-17)23-10-9-22/h5-9,16-17H,2-4,10-12H2,1H3. The fraction of sp³-hybridized carbons (Fsp3) is 0.474.